The SMILES string of the molecule is CC(C)CC[C@H](c1ccc(C(=O)NC/C(N=N)=N/N)cc1)N1C(=O)C(c2ccc(F)cc2)=NC12CCC(C(C)(C)C)CC2. The van der Waals surface area contributed by atoms with Gasteiger partial charge in [0.25, 0.3) is 11.8 Å². The Morgan fingerprint density at radius 3 is 2.28 bits per heavy atom. The minimum absolute atomic E-state index is 0.00898. The largest absolute Gasteiger partial charge is 0.345 e. The summed E-state index contributed by atoms with van der Waals surface area (Å²) in [5.74, 6) is 5.32. The molecule has 9 nitrogen and oxygen atoms in total. The van der Waals surface area contributed by atoms with E-state index in [2.05, 4.69) is 50.2 Å². The Morgan fingerprint density at radius 1 is 1.12 bits per heavy atom. The fraction of sp³-hybridized carbons (Fsp3) is 0.515. The standard InChI is InChI=1S/C33H44FN7O2/c1-21(2)6-15-27(22-7-9-24(10-8-22)30(42)37-20-28(39-35)40-36)41-31(43)29(23-11-13-26(34)14-12-23)38-33(41)18-16-25(17-19-33)32(3,4)5/h7-14,21,25,27,35H,6,15-20,36H2,1-5H3,(H,37,42)/b39-35?,40-28-/t25?,27-,33?/m1/s1. The second kappa shape index (κ2) is 13.1. The number of hydrogen-bond donors (Lipinski definition) is 3. The first-order valence-corrected chi connectivity index (χ1v) is 15.1. The molecule has 0 unspecified atom stereocenters. The first-order valence-electron chi connectivity index (χ1n) is 15.1. The van der Waals surface area contributed by atoms with Gasteiger partial charge in [0.1, 0.15) is 17.2 Å². The van der Waals surface area contributed by atoms with Gasteiger partial charge in [-0.15, -0.1) is 5.11 Å². The van der Waals surface area contributed by atoms with E-state index in [0.29, 0.717) is 28.7 Å². The van der Waals surface area contributed by atoms with Gasteiger partial charge >= 0.3 is 0 Å². The highest BCUT2D eigenvalue weighted by Crippen LogP contribution is 2.50. The van der Waals surface area contributed by atoms with Crippen molar-refractivity contribution in [2.45, 2.75) is 84.8 Å². The number of hydrogen-bond acceptors (Lipinski definition) is 6. The number of nitrogens with zero attached hydrogens (tertiary/aromatic N) is 4. The average molecular weight is 590 g/mol. The van der Waals surface area contributed by atoms with Crippen LogP contribution in [0, 0.1) is 28.6 Å². The highest BCUT2D eigenvalue weighted by atomic mass is 19.1. The van der Waals surface area contributed by atoms with E-state index in [1.165, 1.54) is 12.1 Å². The van der Waals surface area contributed by atoms with Gasteiger partial charge in [-0.2, -0.15) is 5.10 Å². The zero-order chi connectivity index (χ0) is 31.4. The molecule has 10 heteroatoms. The summed E-state index contributed by atoms with van der Waals surface area (Å²) in [6.07, 6.45) is 5.09. The van der Waals surface area contributed by atoms with Crippen molar-refractivity contribution < 1.29 is 14.0 Å². The van der Waals surface area contributed by atoms with Gasteiger partial charge in [-0.3, -0.25) is 14.6 Å². The smallest absolute Gasteiger partial charge is 0.275 e. The van der Waals surface area contributed by atoms with Gasteiger partial charge in [-0.05, 0) is 97.7 Å². The maximum absolute atomic E-state index is 14.4. The van der Waals surface area contributed by atoms with E-state index < -0.39 is 5.66 Å². The lowest BCUT2D eigenvalue weighted by Gasteiger charge is -2.47. The van der Waals surface area contributed by atoms with E-state index in [1.54, 1.807) is 24.3 Å². The molecule has 43 heavy (non-hydrogen) atoms. The Hall–Kier alpha value is -3.95. The average Bonchev–Trinajstić information content (AvgIpc) is 3.25. The minimum Gasteiger partial charge on any atom is -0.345 e. The highest BCUT2D eigenvalue weighted by molar-refractivity contribution is 6.46. The Bertz CT molecular complexity index is 1370. The second-order valence-electron chi connectivity index (χ2n) is 13.2. The molecule has 0 aromatic heterocycles. The molecule has 0 bridgehead atoms. The van der Waals surface area contributed by atoms with Crippen LogP contribution < -0.4 is 11.2 Å². The zero-order valence-corrected chi connectivity index (χ0v) is 25.9. The number of rotatable bonds is 9. The van der Waals surface area contributed by atoms with Crippen molar-refractivity contribution in [2.24, 2.45) is 38.3 Å². The van der Waals surface area contributed by atoms with Crippen molar-refractivity contribution in [3.63, 3.8) is 0 Å². The molecular formula is C33H44FN7O2. The molecule has 4 rings (SSSR count). The quantitative estimate of drug-likeness (QED) is 0.0999. The number of aliphatic imine (C=N–C) groups is 1. The van der Waals surface area contributed by atoms with Crippen molar-refractivity contribution in [2.75, 3.05) is 6.54 Å². The predicted octanol–water partition coefficient (Wildman–Crippen LogP) is 6.60. The van der Waals surface area contributed by atoms with Crippen LogP contribution in [-0.2, 0) is 4.79 Å². The summed E-state index contributed by atoms with van der Waals surface area (Å²) in [5.41, 5.74) is 8.92. The third-order valence-electron chi connectivity index (χ3n) is 8.89. The van der Waals surface area contributed by atoms with Crippen LogP contribution in [0.5, 0.6) is 0 Å². The van der Waals surface area contributed by atoms with E-state index in [1.807, 2.05) is 17.0 Å². The van der Waals surface area contributed by atoms with E-state index in [4.69, 9.17) is 16.4 Å². The van der Waals surface area contributed by atoms with Gasteiger partial charge in [0.2, 0.25) is 0 Å². The first-order chi connectivity index (χ1) is 20.4. The van der Waals surface area contributed by atoms with Crippen LogP contribution in [-0.4, -0.2) is 40.5 Å². The topological polar surface area (TPSA) is 136 Å². The zero-order valence-electron chi connectivity index (χ0n) is 25.9. The molecule has 1 fully saturated rings. The molecule has 230 valence electrons. The summed E-state index contributed by atoms with van der Waals surface area (Å²) in [7, 11) is 0. The lowest BCUT2D eigenvalue weighted by atomic mass is 9.69. The number of nitrogens with one attached hydrogen (secondary N) is 2. The fourth-order valence-electron chi connectivity index (χ4n) is 6.31. The van der Waals surface area contributed by atoms with Crippen LogP contribution in [0.25, 0.3) is 0 Å². The van der Waals surface area contributed by atoms with Crippen LogP contribution in [0.4, 0.5) is 4.39 Å². The van der Waals surface area contributed by atoms with Crippen molar-refractivity contribution in [1.29, 1.82) is 5.53 Å². The summed E-state index contributed by atoms with van der Waals surface area (Å²) < 4.78 is 13.8. The summed E-state index contributed by atoms with van der Waals surface area (Å²) in [6.45, 7) is 11.1. The van der Waals surface area contributed by atoms with Crippen LogP contribution >= 0.6 is 0 Å². The Morgan fingerprint density at radius 2 is 1.74 bits per heavy atom. The monoisotopic (exact) mass is 589 g/mol. The highest BCUT2D eigenvalue weighted by Gasteiger charge is 2.52. The van der Waals surface area contributed by atoms with E-state index in [9.17, 15) is 14.0 Å². The Labute approximate surface area is 253 Å². The van der Waals surface area contributed by atoms with E-state index >= 15 is 0 Å². The second-order valence-corrected chi connectivity index (χ2v) is 13.2. The van der Waals surface area contributed by atoms with Crippen molar-refractivity contribution in [3.8, 4) is 0 Å². The third-order valence-corrected chi connectivity index (χ3v) is 8.89. The molecule has 1 heterocycles. The van der Waals surface area contributed by atoms with Crippen LogP contribution in [0.3, 0.4) is 0 Å². The first kappa shape index (κ1) is 32.0. The van der Waals surface area contributed by atoms with Gasteiger partial charge in [0.05, 0.1) is 12.6 Å². The molecule has 2 aromatic rings. The van der Waals surface area contributed by atoms with Gasteiger partial charge in [-0.25, -0.2) is 9.92 Å². The molecule has 1 atom stereocenters. The number of amides is 2. The summed E-state index contributed by atoms with van der Waals surface area (Å²) >= 11 is 0. The third kappa shape index (κ3) is 7.17. The molecule has 2 aliphatic rings. The Kier molecular flexibility index (Phi) is 9.77. The number of nitrogens with two attached hydrogens (primary N) is 1. The number of benzene rings is 2. The van der Waals surface area contributed by atoms with Crippen molar-refractivity contribution >= 4 is 23.4 Å². The minimum atomic E-state index is -0.683. The molecule has 1 saturated carbocycles. The molecular weight excluding hydrogens is 545 g/mol. The fourth-order valence-corrected chi connectivity index (χ4v) is 6.31. The van der Waals surface area contributed by atoms with Gasteiger partial charge in [0.15, 0.2) is 5.84 Å². The number of halogens is 1. The van der Waals surface area contributed by atoms with Crippen LogP contribution in [0.1, 0.15) is 101 Å². The summed E-state index contributed by atoms with van der Waals surface area (Å²) in [5, 5.41) is 9.22. The van der Waals surface area contributed by atoms with Crippen molar-refractivity contribution in [1.82, 2.24) is 10.2 Å². The molecule has 1 aliphatic carbocycles. The normalized spacial score (nSPS) is 21.7. The lowest BCUT2D eigenvalue weighted by Crippen LogP contribution is -2.51. The maximum Gasteiger partial charge on any atom is 0.275 e. The number of amidine groups is 1. The molecule has 1 aliphatic heterocycles. The van der Waals surface area contributed by atoms with E-state index in [-0.39, 0.29) is 41.5 Å². The molecule has 1 spiro atoms. The molecule has 2 aromatic carbocycles. The van der Waals surface area contributed by atoms with Gasteiger partial charge in [0, 0.05) is 11.1 Å². The maximum atomic E-state index is 14.4. The molecule has 0 radical (unpaired) electrons. The van der Waals surface area contributed by atoms with Crippen molar-refractivity contribution in [3.05, 3.63) is 71.0 Å². The molecule has 2 amide bonds. The molecule has 4 N–H and O–H groups in total. The number of hydrazone groups is 1. The van der Waals surface area contributed by atoms with Gasteiger partial charge < -0.3 is 16.1 Å². The number of carbonyl (C=O) groups is 2. The lowest BCUT2D eigenvalue weighted by molar-refractivity contribution is -0.133. The van der Waals surface area contributed by atoms with E-state index in [0.717, 1.165) is 44.1 Å². The summed E-state index contributed by atoms with van der Waals surface area (Å²) in [4.78, 5) is 34.3. The number of carbonyl (C=O) groups excluding carboxylic acids is 2. The molecule has 0 saturated heterocycles. The Balaban J connectivity index is 1.70. The van der Waals surface area contributed by atoms with Crippen LogP contribution in [0.15, 0.2) is 63.7 Å². The van der Waals surface area contributed by atoms with Gasteiger partial charge in [-0.1, -0.05) is 46.8 Å². The predicted molar refractivity (Wildman–Crippen MR) is 166 cm³/mol. The van der Waals surface area contributed by atoms with Crippen LogP contribution in [0.2, 0.25) is 0 Å². The summed E-state index contributed by atoms with van der Waals surface area (Å²) in [6, 6.07) is 13.1.